The molecule has 0 radical (unpaired) electrons. The Kier molecular flexibility index (Phi) is 20.5. The number of anilines is 1. The van der Waals surface area contributed by atoms with E-state index in [4.69, 9.17) is 18.5 Å². The fraction of sp³-hybridized carbons (Fsp3) is 0.603. The number of para-hydroxylation sites is 1. The van der Waals surface area contributed by atoms with Gasteiger partial charge in [0.1, 0.15) is 11.9 Å². The van der Waals surface area contributed by atoms with E-state index in [2.05, 4.69) is 46.9 Å². The number of halogens is 1. The predicted molar refractivity (Wildman–Crippen MR) is 324 cm³/mol. The topological polar surface area (TPSA) is 223 Å². The van der Waals surface area contributed by atoms with E-state index >= 15 is 0 Å². The number of aliphatic hydroxyl groups is 4. The highest BCUT2D eigenvalue weighted by molar-refractivity contribution is 7.47. The van der Waals surface area contributed by atoms with Gasteiger partial charge in [-0.05, 0) is 189 Å². The third-order valence-corrected chi connectivity index (χ3v) is 21.9. The number of phosphoric ester groups is 1. The molecule has 85 heavy (non-hydrogen) atoms. The third kappa shape index (κ3) is 13.9. The number of aromatic nitrogens is 1. The summed E-state index contributed by atoms with van der Waals surface area (Å²) in [6.45, 7) is 17.6. The van der Waals surface area contributed by atoms with Crippen molar-refractivity contribution in [3.05, 3.63) is 114 Å². The van der Waals surface area contributed by atoms with Gasteiger partial charge in [0, 0.05) is 23.5 Å². The Bertz CT molecular complexity index is 3040. The average Bonchev–Trinajstić information content (AvgIpc) is 1.88. The number of fused-ring (bicyclic) bond motifs is 5. The summed E-state index contributed by atoms with van der Waals surface area (Å²) in [5.74, 6) is -0.211. The first-order chi connectivity index (χ1) is 40.5. The minimum atomic E-state index is -5.13. The molecule has 0 saturated heterocycles. The summed E-state index contributed by atoms with van der Waals surface area (Å²) < 4.78 is 52.4. The monoisotopic (exact) mass is 1190 g/mol. The van der Waals surface area contributed by atoms with E-state index in [-0.39, 0.29) is 42.5 Å². The van der Waals surface area contributed by atoms with Crippen LogP contribution in [0.2, 0.25) is 0 Å². The normalized spacial score (nSPS) is 28.1. The van der Waals surface area contributed by atoms with Gasteiger partial charge in [0.15, 0.2) is 6.10 Å². The molecule has 0 spiro atoms. The number of amides is 1. The lowest BCUT2D eigenvalue weighted by atomic mass is 9.44. The molecular weight excluding hydrogens is 1100 g/mol. The molecule has 1 amide bonds. The Hall–Kier alpha value is -5.19. The van der Waals surface area contributed by atoms with Crippen LogP contribution in [0.4, 0.5) is 10.1 Å². The number of phosphoric acid groups is 1. The second-order valence-corrected chi connectivity index (χ2v) is 28.0. The van der Waals surface area contributed by atoms with Gasteiger partial charge in [0.2, 0.25) is 5.76 Å². The number of nitrogens with one attached hydrogen (secondary N) is 1. The fourth-order valence-electron chi connectivity index (χ4n) is 16.6. The van der Waals surface area contributed by atoms with E-state index in [9.17, 15) is 48.7 Å². The number of hydrogen-bond acceptors (Lipinski definition) is 12. The first kappa shape index (κ1) is 64.3. The molecule has 4 aliphatic carbocycles. The number of aliphatic hydroxyl groups excluding tert-OH is 4. The largest absolute Gasteiger partial charge is 0.528 e. The molecule has 2 heterocycles. The van der Waals surface area contributed by atoms with Gasteiger partial charge in [0.25, 0.3) is 11.7 Å². The quantitative estimate of drug-likeness (QED) is 0.0269. The SMILES string of the molecule is CC[C@@H](CC[C@@H](C)C1CC[C@H]2[C@@H]3CC[C@H]4CC(OP(=O)(O)OC5=C(OC(=O)C[C@H](O)C[C@H](O)CCn6c(-c7ccc(F)cc7)c(-c7ccccc7)c(C(=O)Nc7ccccc7)c6C(C)C)C(C(O)CO)OC5=O)CC[C@]4(C)[C@H]3CC[C@]12C)C(C)C. The molecule has 9 rings (SSSR count). The summed E-state index contributed by atoms with van der Waals surface area (Å²) in [5, 5.41) is 46.5. The van der Waals surface area contributed by atoms with Crippen LogP contribution in [0, 0.1) is 64.0 Å². The molecular formula is C68H92FN2O13P. The molecule has 5 aliphatic rings. The van der Waals surface area contributed by atoms with E-state index in [1.165, 1.54) is 57.1 Å². The van der Waals surface area contributed by atoms with Gasteiger partial charge in [-0.1, -0.05) is 117 Å². The van der Waals surface area contributed by atoms with Crippen molar-refractivity contribution in [2.24, 2.45) is 58.2 Å². The molecule has 4 aromatic rings. The standard InChI is InChI=1S/C68H92FN2O13P/c1-9-43(40(2)3)21-20-42(6)53-28-29-54-52-27-24-46-36-51(30-33-67(46,7)55(52)31-34-68(53,54)8)83-85(79,80)84-64-63(62(56(75)39-72)82-66(64)78)81-57(76)38-50(74)37-49(73)32-35-71-60(41(4)5)59(65(77)70-48-18-14-11-15-19-48)58(44-16-12-10-13-17-44)61(71)45-22-25-47(69)26-23-45/h10-19,22-23,25-26,40-43,46,49-56,62,72-75H,9,20-21,24,27-39H2,1-8H3,(H,70,77)(H,79,80)/t42-,43+,46+,49-,50-,51?,52+,53?,54+,55+,56?,62?,67+,68-/m1/s1. The molecule has 5 unspecified atom stereocenters. The zero-order valence-electron chi connectivity index (χ0n) is 51.0. The number of esters is 2. The summed E-state index contributed by atoms with van der Waals surface area (Å²) in [5.41, 5.74) is 4.57. The van der Waals surface area contributed by atoms with E-state index in [0.29, 0.717) is 81.6 Å². The number of rotatable bonds is 25. The molecule has 4 fully saturated rings. The minimum Gasteiger partial charge on any atom is -0.445 e. The molecule has 1 aromatic heterocycles. The summed E-state index contributed by atoms with van der Waals surface area (Å²) in [6.07, 6.45) is 4.65. The summed E-state index contributed by atoms with van der Waals surface area (Å²) in [4.78, 5) is 52.9. The lowest BCUT2D eigenvalue weighted by molar-refractivity contribution is -0.152. The highest BCUT2D eigenvalue weighted by Gasteiger charge is 2.61. The molecule has 0 bridgehead atoms. The maximum Gasteiger partial charge on any atom is 0.528 e. The van der Waals surface area contributed by atoms with E-state index < -0.39 is 80.6 Å². The van der Waals surface area contributed by atoms with Crippen molar-refractivity contribution in [2.45, 2.75) is 195 Å². The van der Waals surface area contributed by atoms with Crippen molar-refractivity contribution in [2.75, 3.05) is 11.9 Å². The highest BCUT2D eigenvalue weighted by atomic mass is 31.2. The molecule has 15 nitrogen and oxygen atoms in total. The molecule has 1 aliphatic heterocycles. The van der Waals surface area contributed by atoms with E-state index in [1.807, 2.05) is 66.9 Å². The number of nitrogens with zero attached hydrogens (tertiary/aromatic N) is 1. The van der Waals surface area contributed by atoms with Crippen LogP contribution in [0.15, 0.2) is 96.4 Å². The summed E-state index contributed by atoms with van der Waals surface area (Å²) >= 11 is 0. The van der Waals surface area contributed by atoms with Crippen molar-refractivity contribution in [1.82, 2.24) is 4.57 Å². The third-order valence-electron chi connectivity index (χ3n) is 20.9. The molecule has 3 aromatic carbocycles. The smallest absolute Gasteiger partial charge is 0.445 e. The van der Waals surface area contributed by atoms with Crippen LogP contribution in [-0.2, 0) is 39.2 Å². The molecule has 15 atom stereocenters. The Balaban J connectivity index is 0.849. The number of hydrogen-bond donors (Lipinski definition) is 6. The number of carbonyl (C=O) groups excluding carboxylic acids is 3. The van der Waals surface area contributed by atoms with Crippen LogP contribution < -0.4 is 5.32 Å². The first-order valence-corrected chi connectivity index (χ1v) is 32.9. The van der Waals surface area contributed by atoms with Crippen LogP contribution in [0.25, 0.3) is 22.4 Å². The summed E-state index contributed by atoms with van der Waals surface area (Å²) in [7, 11) is -5.13. The minimum absolute atomic E-state index is 0.0188. The van der Waals surface area contributed by atoms with Crippen LogP contribution in [0.5, 0.6) is 0 Å². The lowest BCUT2D eigenvalue weighted by Gasteiger charge is -2.61. The second-order valence-electron chi connectivity index (χ2n) is 26.7. The van der Waals surface area contributed by atoms with Gasteiger partial charge in [-0.3, -0.25) is 19.0 Å². The average molecular weight is 1200 g/mol. The second kappa shape index (κ2) is 27.1. The number of ether oxygens (including phenoxy) is 2. The zero-order valence-corrected chi connectivity index (χ0v) is 51.9. The maximum atomic E-state index is 14.5. The van der Waals surface area contributed by atoms with Gasteiger partial charge >= 0.3 is 19.8 Å². The zero-order chi connectivity index (χ0) is 61.1. The van der Waals surface area contributed by atoms with E-state index in [0.717, 1.165) is 36.7 Å². The van der Waals surface area contributed by atoms with Crippen LogP contribution in [0.3, 0.4) is 0 Å². The molecule has 6 N–H and O–H groups in total. The lowest BCUT2D eigenvalue weighted by Crippen LogP contribution is -2.54. The van der Waals surface area contributed by atoms with Gasteiger partial charge < -0.3 is 44.3 Å². The van der Waals surface area contributed by atoms with Crippen LogP contribution >= 0.6 is 7.82 Å². The number of benzene rings is 3. The Morgan fingerprint density at radius 2 is 1.49 bits per heavy atom. The molecule has 17 heteroatoms. The van der Waals surface area contributed by atoms with Crippen LogP contribution in [-0.4, -0.2) is 84.9 Å². The van der Waals surface area contributed by atoms with Crippen molar-refractivity contribution in [3.8, 4) is 22.4 Å². The highest BCUT2D eigenvalue weighted by Crippen LogP contribution is 2.69. The van der Waals surface area contributed by atoms with Gasteiger partial charge in [-0.15, -0.1) is 0 Å². The van der Waals surface area contributed by atoms with Gasteiger partial charge in [-0.25, -0.2) is 13.8 Å². The Labute approximate surface area is 501 Å². The van der Waals surface area contributed by atoms with Crippen molar-refractivity contribution in [1.29, 1.82) is 0 Å². The van der Waals surface area contributed by atoms with Gasteiger partial charge in [-0.2, -0.15) is 0 Å². The van der Waals surface area contributed by atoms with Crippen molar-refractivity contribution in [3.63, 3.8) is 0 Å². The van der Waals surface area contributed by atoms with Gasteiger partial charge in [0.05, 0.1) is 42.6 Å². The Morgan fingerprint density at radius 3 is 2.15 bits per heavy atom. The first-order valence-electron chi connectivity index (χ1n) is 31.4. The molecule has 464 valence electrons. The van der Waals surface area contributed by atoms with Crippen molar-refractivity contribution < 1.29 is 67.2 Å². The maximum absolute atomic E-state index is 14.5. The van der Waals surface area contributed by atoms with Crippen LogP contribution in [0.1, 0.15) is 174 Å². The van der Waals surface area contributed by atoms with E-state index in [1.54, 1.807) is 24.3 Å². The van der Waals surface area contributed by atoms with Crippen molar-refractivity contribution >= 4 is 31.4 Å². The summed E-state index contributed by atoms with van der Waals surface area (Å²) in [6, 6.07) is 24.4. The fourth-order valence-corrected chi connectivity index (χ4v) is 17.7. The number of cyclic esters (lactones) is 1. The predicted octanol–water partition coefficient (Wildman–Crippen LogP) is 13.5. The Morgan fingerprint density at radius 1 is 0.824 bits per heavy atom. The molecule has 4 saturated carbocycles. The number of carbonyl (C=O) groups is 3.